The molecule has 1 fully saturated rings. The summed E-state index contributed by atoms with van der Waals surface area (Å²) in [4.78, 5) is 4.68. The average molecular weight is 341 g/mol. The molecule has 1 aromatic rings. The molecule has 4 heteroatoms. The zero-order valence-corrected chi connectivity index (χ0v) is 14.4. The number of hydrogen-bond acceptors (Lipinski definition) is 3. The molecule has 0 bridgehead atoms. The van der Waals surface area contributed by atoms with Crippen LogP contribution in [0.4, 0.5) is 5.69 Å². The van der Waals surface area contributed by atoms with Crippen LogP contribution in [0.5, 0.6) is 0 Å². The summed E-state index contributed by atoms with van der Waals surface area (Å²) < 4.78 is 0.976. The lowest BCUT2D eigenvalue weighted by molar-refractivity contribution is 0.0683. The number of nitrogens with zero attached hydrogens (tertiary/aromatic N) is 2. The molecule has 0 spiro atoms. The minimum absolute atomic E-state index is 0.324. The van der Waals surface area contributed by atoms with Gasteiger partial charge in [-0.2, -0.15) is 0 Å². The Morgan fingerprint density at radius 2 is 1.95 bits per heavy atom. The summed E-state index contributed by atoms with van der Waals surface area (Å²) in [6.07, 6.45) is 3.44. The lowest BCUT2D eigenvalue weighted by Crippen LogP contribution is -2.56. The van der Waals surface area contributed by atoms with Crippen molar-refractivity contribution in [3.63, 3.8) is 0 Å². The Bertz CT molecular complexity index is 470. The fraction of sp³-hybridized carbons (Fsp3) is 0.625. The van der Waals surface area contributed by atoms with E-state index in [0.717, 1.165) is 16.6 Å². The Labute approximate surface area is 130 Å². The second-order valence-electron chi connectivity index (χ2n) is 6.21. The quantitative estimate of drug-likeness (QED) is 0.889. The van der Waals surface area contributed by atoms with Crippen LogP contribution in [0.2, 0.25) is 0 Å². The number of rotatable bonds is 5. The molecule has 1 aliphatic carbocycles. The molecule has 0 unspecified atom stereocenters. The van der Waals surface area contributed by atoms with Gasteiger partial charge in [0.2, 0.25) is 0 Å². The van der Waals surface area contributed by atoms with E-state index in [9.17, 15) is 5.11 Å². The number of hydrogen-bond donors (Lipinski definition) is 1. The highest BCUT2D eigenvalue weighted by atomic mass is 79.9. The van der Waals surface area contributed by atoms with E-state index in [0.29, 0.717) is 5.54 Å². The summed E-state index contributed by atoms with van der Waals surface area (Å²) >= 11 is 3.56. The van der Waals surface area contributed by atoms with Gasteiger partial charge in [0.15, 0.2) is 0 Å². The van der Waals surface area contributed by atoms with Crippen LogP contribution < -0.4 is 4.90 Å². The van der Waals surface area contributed by atoms with Gasteiger partial charge in [0.25, 0.3) is 0 Å². The van der Waals surface area contributed by atoms with Crippen molar-refractivity contribution in [2.45, 2.75) is 37.8 Å². The molecule has 0 aliphatic heterocycles. The predicted molar refractivity (Wildman–Crippen MR) is 88.3 cm³/mol. The molecule has 1 saturated carbocycles. The highest BCUT2D eigenvalue weighted by Crippen LogP contribution is 2.38. The number of likely N-dealkylation sites (N-methyl/N-ethyl adjacent to an activating group) is 2. The van der Waals surface area contributed by atoms with Crippen LogP contribution >= 0.6 is 15.9 Å². The van der Waals surface area contributed by atoms with Crippen molar-refractivity contribution < 1.29 is 5.11 Å². The zero-order chi connectivity index (χ0) is 14.9. The standard InChI is InChI=1S/C16H25BrN2O/c1-12(20)14-7-6-13(10-15(14)17)19(4)11-16(18(2)3)8-5-9-16/h6-7,10,12,20H,5,8-9,11H2,1-4H3/t12-/m1/s1. The maximum Gasteiger partial charge on any atom is 0.0772 e. The van der Waals surface area contributed by atoms with Crippen LogP contribution in [0.15, 0.2) is 22.7 Å². The van der Waals surface area contributed by atoms with Gasteiger partial charge in [-0.3, -0.25) is 0 Å². The van der Waals surface area contributed by atoms with Crippen molar-refractivity contribution in [1.29, 1.82) is 0 Å². The van der Waals surface area contributed by atoms with Crippen molar-refractivity contribution in [3.8, 4) is 0 Å². The molecular weight excluding hydrogens is 316 g/mol. The fourth-order valence-corrected chi connectivity index (χ4v) is 3.65. The highest BCUT2D eigenvalue weighted by molar-refractivity contribution is 9.10. The lowest BCUT2D eigenvalue weighted by Gasteiger charge is -2.49. The minimum atomic E-state index is -0.441. The Morgan fingerprint density at radius 1 is 1.30 bits per heavy atom. The topological polar surface area (TPSA) is 26.7 Å². The van der Waals surface area contributed by atoms with Gasteiger partial charge in [-0.25, -0.2) is 0 Å². The van der Waals surface area contributed by atoms with Gasteiger partial charge in [0, 0.05) is 29.3 Å². The van der Waals surface area contributed by atoms with E-state index in [-0.39, 0.29) is 0 Å². The van der Waals surface area contributed by atoms with E-state index in [1.807, 2.05) is 6.07 Å². The van der Waals surface area contributed by atoms with Crippen LogP contribution in [0.25, 0.3) is 0 Å². The van der Waals surface area contributed by atoms with Crippen molar-refractivity contribution in [2.24, 2.45) is 0 Å². The highest BCUT2D eigenvalue weighted by Gasteiger charge is 2.39. The number of benzene rings is 1. The molecule has 2 rings (SSSR count). The monoisotopic (exact) mass is 340 g/mol. The zero-order valence-electron chi connectivity index (χ0n) is 12.9. The Kier molecular flexibility index (Phi) is 4.77. The molecule has 0 saturated heterocycles. The number of anilines is 1. The van der Waals surface area contributed by atoms with E-state index in [1.165, 1.54) is 24.9 Å². The third kappa shape index (κ3) is 3.02. The molecule has 3 nitrogen and oxygen atoms in total. The molecule has 0 aromatic heterocycles. The summed E-state index contributed by atoms with van der Waals surface area (Å²) in [5.74, 6) is 0. The molecule has 112 valence electrons. The van der Waals surface area contributed by atoms with E-state index in [4.69, 9.17) is 0 Å². The summed E-state index contributed by atoms with van der Waals surface area (Å²) in [7, 11) is 6.51. The van der Waals surface area contributed by atoms with Gasteiger partial charge in [0.05, 0.1) is 6.10 Å². The van der Waals surface area contributed by atoms with Gasteiger partial charge in [-0.05, 0) is 58.0 Å². The number of halogens is 1. The molecule has 1 N–H and O–H groups in total. The third-order valence-corrected chi connectivity index (χ3v) is 5.33. The lowest BCUT2D eigenvalue weighted by atomic mass is 9.75. The summed E-state index contributed by atoms with van der Waals surface area (Å²) in [6, 6.07) is 6.20. The van der Waals surface area contributed by atoms with Crippen LogP contribution in [-0.2, 0) is 0 Å². The molecular formula is C16H25BrN2O. The van der Waals surface area contributed by atoms with Gasteiger partial charge < -0.3 is 14.9 Å². The summed E-state index contributed by atoms with van der Waals surface area (Å²) in [5.41, 5.74) is 2.45. The van der Waals surface area contributed by atoms with Crippen molar-refractivity contribution in [3.05, 3.63) is 28.2 Å². The van der Waals surface area contributed by atoms with E-state index >= 15 is 0 Å². The first-order chi connectivity index (χ1) is 9.35. The molecule has 1 aliphatic rings. The van der Waals surface area contributed by atoms with Crippen LogP contribution in [0.3, 0.4) is 0 Å². The van der Waals surface area contributed by atoms with Gasteiger partial charge in [-0.1, -0.05) is 22.0 Å². The molecule has 0 amide bonds. The van der Waals surface area contributed by atoms with Gasteiger partial charge in [-0.15, -0.1) is 0 Å². The van der Waals surface area contributed by atoms with E-state index in [2.05, 4.69) is 59.0 Å². The second kappa shape index (κ2) is 6.04. The van der Waals surface area contributed by atoms with E-state index in [1.54, 1.807) is 6.92 Å². The van der Waals surface area contributed by atoms with Gasteiger partial charge in [0.1, 0.15) is 0 Å². The molecule has 0 heterocycles. The SMILES string of the molecule is C[C@@H](O)c1ccc(N(C)CC2(N(C)C)CCC2)cc1Br. The Morgan fingerprint density at radius 3 is 2.35 bits per heavy atom. The van der Waals surface area contributed by atoms with Crippen molar-refractivity contribution in [1.82, 2.24) is 4.90 Å². The predicted octanol–water partition coefficient (Wildman–Crippen LogP) is 3.42. The smallest absolute Gasteiger partial charge is 0.0772 e. The first-order valence-corrected chi connectivity index (χ1v) is 8.01. The molecule has 0 radical (unpaired) electrons. The van der Waals surface area contributed by atoms with E-state index < -0.39 is 6.10 Å². The average Bonchev–Trinajstić information content (AvgIpc) is 2.32. The maximum atomic E-state index is 9.69. The fourth-order valence-electron chi connectivity index (χ4n) is 2.96. The third-order valence-electron chi connectivity index (χ3n) is 4.64. The van der Waals surface area contributed by atoms with Crippen molar-refractivity contribution >= 4 is 21.6 Å². The van der Waals surface area contributed by atoms with Crippen LogP contribution in [-0.4, -0.2) is 43.2 Å². The first-order valence-electron chi connectivity index (χ1n) is 7.22. The molecule has 1 atom stereocenters. The largest absolute Gasteiger partial charge is 0.389 e. The maximum absolute atomic E-state index is 9.69. The number of aliphatic hydroxyl groups excluding tert-OH is 1. The molecule has 1 aromatic carbocycles. The number of aliphatic hydroxyl groups is 1. The van der Waals surface area contributed by atoms with Crippen molar-refractivity contribution in [2.75, 3.05) is 32.6 Å². The summed E-state index contributed by atoms with van der Waals surface area (Å²) in [5, 5.41) is 9.69. The van der Waals surface area contributed by atoms with Gasteiger partial charge >= 0.3 is 0 Å². The Balaban J connectivity index is 2.13. The normalized spacial score (nSPS) is 18.8. The summed E-state index contributed by atoms with van der Waals surface area (Å²) in [6.45, 7) is 2.83. The first kappa shape index (κ1) is 15.8. The second-order valence-corrected chi connectivity index (χ2v) is 7.06. The molecule has 20 heavy (non-hydrogen) atoms. The Hall–Kier alpha value is -0.580. The van der Waals surface area contributed by atoms with Crippen LogP contribution in [0.1, 0.15) is 37.9 Å². The van der Waals surface area contributed by atoms with Crippen LogP contribution in [0, 0.1) is 0 Å². The minimum Gasteiger partial charge on any atom is -0.389 e.